The van der Waals surface area contributed by atoms with Crippen LogP contribution in [-0.2, 0) is 11.3 Å². The average molecular weight is 265 g/mol. The zero-order valence-corrected chi connectivity index (χ0v) is 11.4. The highest BCUT2D eigenvalue weighted by Crippen LogP contribution is 2.31. The maximum atomic E-state index is 12.1. The third-order valence-corrected chi connectivity index (χ3v) is 4.28. The second kappa shape index (κ2) is 6.21. The number of aromatic amines is 1. The molecule has 1 aliphatic carbocycles. The molecule has 0 radical (unpaired) electrons. The molecule has 2 rings (SSSR count). The van der Waals surface area contributed by atoms with E-state index in [1.807, 2.05) is 25.5 Å². The largest absolute Gasteiger partial charge is 0.394 e. The van der Waals surface area contributed by atoms with E-state index >= 15 is 0 Å². The van der Waals surface area contributed by atoms with Gasteiger partial charge in [-0.1, -0.05) is 0 Å². The van der Waals surface area contributed by atoms with Crippen molar-refractivity contribution in [3.63, 3.8) is 0 Å². The maximum absolute atomic E-state index is 12.1. The number of carbonyl (C=O) groups excluding carboxylic acids is 1. The van der Waals surface area contributed by atoms with Gasteiger partial charge in [0.25, 0.3) is 0 Å². The normalized spacial score (nSPS) is 27.2. The van der Waals surface area contributed by atoms with Crippen molar-refractivity contribution in [3.05, 3.63) is 24.0 Å². The fourth-order valence-corrected chi connectivity index (χ4v) is 2.72. The predicted octanol–water partition coefficient (Wildman–Crippen LogP) is 0.772. The highest BCUT2D eigenvalue weighted by atomic mass is 16.3. The fraction of sp³-hybridized carbons (Fsp3) is 0.643. The molecule has 1 fully saturated rings. The highest BCUT2D eigenvalue weighted by molar-refractivity contribution is 5.78. The van der Waals surface area contributed by atoms with Crippen molar-refractivity contribution in [1.29, 1.82) is 0 Å². The number of amides is 1. The molecule has 106 valence electrons. The molecule has 0 bridgehead atoms. The first-order valence-corrected chi connectivity index (χ1v) is 6.88. The van der Waals surface area contributed by atoms with Gasteiger partial charge in [-0.25, -0.2) is 0 Å². The van der Waals surface area contributed by atoms with Crippen LogP contribution in [0.25, 0.3) is 0 Å². The average Bonchev–Trinajstić information content (AvgIpc) is 2.98. The van der Waals surface area contributed by atoms with E-state index in [9.17, 15) is 9.90 Å². The van der Waals surface area contributed by atoms with Crippen molar-refractivity contribution in [1.82, 2.24) is 15.6 Å². The standard InChI is InChI=1S/C14H23N3O2/c1-15-14(10-18)5-2-12(3-6-14)13(19)17-9-11-4-7-16-8-11/h4,7-8,12,15-16,18H,2-3,5-6,9-10H2,1H3,(H,17,19). The molecule has 4 N–H and O–H groups in total. The van der Waals surface area contributed by atoms with Crippen molar-refractivity contribution in [3.8, 4) is 0 Å². The van der Waals surface area contributed by atoms with E-state index in [1.54, 1.807) is 0 Å². The van der Waals surface area contributed by atoms with Crippen LogP contribution in [0, 0.1) is 5.92 Å². The zero-order chi connectivity index (χ0) is 13.7. The van der Waals surface area contributed by atoms with Crippen LogP contribution < -0.4 is 10.6 Å². The summed E-state index contributed by atoms with van der Waals surface area (Å²) in [6.07, 6.45) is 7.11. The van der Waals surface area contributed by atoms with Gasteiger partial charge in [-0.05, 0) is 44.4 Å². The number of rotatable bonds is 5. The smallest absolute Gasteiger partial charge is 0.223 e. The first-order chi connectivity index (χ1) is 9.19. The van der Waals surface area contributed by atoms with E-state index in [1.165, 1.54) is 0 Å². The lowest BCUT2D eigenvalue weighted by Crippen LogP contribution is -2.50. The van der Waals surface area contributed by atoms with Gasteiger partial charge in [-0.3, -0.25) is 4.79 Å². The summed E-state index contributed by atoms with van der Waals surface area (Å²) in [5, 5.41) is 15.6. The molecule has 1 heterocycles. The van der Waals surface area contributed by atoms with Gasteiger partial charge < -0.3 is 20.7 Å². The van der Waals surface area contributed by atoms with Crippen LogP contribution in [0.1, 0.15) is 31.2 Å². The molecule has 0 aromatic carbocycles. The summed E-state index contributed by atoms with van der Waals surface area (Å²) in [6, 6.07) is 1.96. The molecule has 5 heteroatoms. The molecule has 5 nitrogen and oxygen atoms in total. The van der Waals surface area contributed by atoms with Crippen molar-refractivity contribution in [2.45, 2.75) is 37.8 Å². The van der Waals surface area contributed by atoms with Gasteiger partial charge >= 0.3 is 0 Å². The predicted molar refractivity (Wildman–Crippen MR) is 73.5 cm³/mol. The summed E-state index contributed by atoms with van der Waals surface area (Å²) >= 11 is 0. The number of aromatic nitrogens is 1. The molecule has 1 aromatic heterocycles. The molecule has 19 heavy (non-hydrogen) atoms. The first kappa shape index (κ1) is 14.1. The van der Waals surface area contributed by atoms with Gasteiger partial charge in [-0.15, -0.1) is 0 Å². The van der Waals surface area contributed by atoms with Crippen molar-refractivity contribution in [2.75, 3.05) is 13.7 Å². The topological polar surface area (TPSA) is 77.2 Å². The highest BCUT2D eigenvalue weighted by Gasteiger charge is 2.35. The summed E-state index contributed by atoms with van der Waals surface area (Å²) < 4.78 is 0. The van der Waals surface area contributed by atoms with Crippen LogP contribution in [0.15, 0.2) is 18.5 Å². The number of H-pyrrole nitrogens is 1. The van der Waals surface area contributed by atoms with Gasteiger partial charge in [0.2, 0.25) is 5.91 Å². The zero-order valence-electron chi connectivity index (χ0n) is 11.4. The lowest BCUT2D eigenvalue weighted by Gasteiger charge is -2.38. The van der Waals surface area contributed by atoms with E-state index in [0.29, 0.717) is 6.54 Å². The summed E-state index contributed by atoms with van der Waals surface area (Å²) in [4.78, 5) is 15.0. The Kier molecular flexibility index (Phi) is 4.61. The summed E-state index contributed by atoms with van der Waals surface area (Å²) in [5.41, 5.74) is 0.904. The Morgan fingerprint density at radius 1 is 1.53 bits per heavy atom. The third-order valence-electron chi connectivity index (χ3n) is 4.28. The van der Waals surface area contributed by atoms with Gasteiger partial charge in [-0.2, -0.15) is 0 Å². The minimum absolute atomic E-state index is 0.0759. The van der Waals surface area contributed by atoms with Crippen molar-refractivity contribution >= 4 is 5.91 Å². The van der Waals surface area contributed by atoms with Crippen LogP contribution in [0.5, 0.6) is 0 Å². The molecule has 0 atom stereocenters. The molecule has 1 amide bonds. The van der Waals surface area contributed by atoms with E-state index in [0.717, 1.165) is 31.2 Å². The van der Waals surface area contributed by atoms with Crippen LogP contribution in [0.3, 0.4) is 0 Å². The molecule has 0 aliphatic heterocycles. The second-order valence-electron chi connectivity index (χ2n) is 5.40. The minimum atomic E-state index is -0.183. The summed E-state index contributed by atoms with van der Waals surface area (Å²) in [7, 11) is 1.88. The third kappa shape index (κ3) is 3.36. The van der Waals surface area contributed by atoms with Gasteiger partial charge in [0.1, 0.15) is 0 Å². The number of carbonyl (C=O) groups is 1. The Labute approximate surface area is 113 Å². The Morgan fingerprint density at radius 2 is 2.26 bits per heavy atom. The molecule has 1 saturated carbocycles. The van der Waals surface area contributed by atoms with Crippen molar-refractivity contribution in [2.24, 2.45) is 5.92 Å². The quantitative estimate of drug-likeness (QED) is 0.635. The van der Waals surface area contributed by atoms with E-state index in [4.69, 9.17) is 0 Å². The Bertz CT molecular complexity index is 389. The molecule has 0 unspecified atom stereocenters. The summed E-state index contributed by atoms with van der Waals surface area (Å²) in [5.74, 6) is 0.204. The van der Waals surface area contributed by atoms with Crippen LogP contribution in [0.4, 0.5) is 0 Å². The van der Waals surface area contributed by atoms with E-state index < -0.39 is 0 Å². The lowest BCUT2D eigenvalue weighted by atomic mass is 9.76. The number of hydrogen-bond acceptors (Lipinski definition) is 3. The lowest BCUT2D eigenvalue weighted by molar-refractivity contribution is -0.126. The van der Waals surface area contributed by atoms with Crippen LogP contribution >= 0.6 is 0 Å². The molecule has 1 aromatic rings. The molecular formula is C14H23N3O2. The minimum Gasteiger partial charge on any atom is -0.394 e. The Hall–Kier alpha value is -1.33. The van der Waals surface area contributed by atoms with Crippen molar-refractivity contribution < 1.29 is 9.90 Å². The molecule has 0 saturated heterocycles. The van der Waals surface area contributed by atoms with E-state index in [2.05, 4.69) is 15.6 Å². The second-order valence-corrected chi connectivity index (χ2v) is 5.40. The number of nitrogens with one attached hydrogen (secondary N) is 3. The number of likely N-dealkylation sites (N-methyl/N-ethyl adjacent to an activating group) is 1. The Balaban J connectivity index is 1.79. The van der Waals surface area contributed by atoms with Gasteiger partial charge in [0.15, 0.2) is 0 Å². The Morgan fingerprint density at radius 3 is 2.79 bits per heavy atom. The number of hydrogen-bond donors (Lipinski definition) is 4. The first-order valence-electron chi connectivity index (χ1n) is 6.88. The van der Waals surface area contributed by atoms with Crippen LogP contribution in [0.2, 0.25) is 0 Å². The molecule has 0 spiro atoms. The number of aliphatic hydroxyl groups is 1. The SMILES string of the molecule is CNC1(CO)CCC(C(=O)NCc2cc[nH]c2)CC1. The monoisotopic (exact) mass is 265 g/mol. The van der Waals surface area contributed by atoms with Gasteiger partial charge in [0, 0.05) is 30.4 Å². The van der Waals surface area contributed by atoms with Crippen LogP contribution in [-0.4, -0.2) is 35.2 Å². The molecule has 1 aliphatic rings. The fourth-order valence-electron chi connectivity index (χ4n) is 2.72. The van der Waals surface area contributed by atoms with E-state index in [-0.39, 0.29) is 24.0 Å². The van der Waals surface area contributed by atoms with Gasteiger partial charge in [0.05, 0.1) is 6.61 Å². The number of aliphatic hydroxyl groups excluding tert-OH is 1. The molecular weight excluding hydrogens is 242 g/mol. The maximum Gasteiger partial charge on any atom is 0.223 e. The summed E-state index contributed by atoms with van der Waals surface area (Å²) in [6.45, 7) is 0.719.